The molecule has 2 heterocycles. The maximum Gasteiger partial charge on any atom is 0.223 e. The predicted molar refractivity (Wildman–Crippen MR) is 146 cm³/mol. The third-order valence-corrected chi connectivity index (χ3v) is 8.65. The molecule has 2 aliphatic rings. The summed E-state index contributed by atoms with van der Waals surface area (Å²) in [6, 6.07) is 38.7. The van der Waals surface area contributed by atoms with Gasteiger partial charge in [-0.2, -0.15) is 0 Å². The Bertz CT molecular complexity index is 1250. The third kappa shape index (κ3) is 4.59. The molecule has 0 saturated carbocycles. The first-order valence-corrected chi connectivity index (χ1v) is 13.6. The van der Waals surface area contributed by atoms with Crippen molar-refractivity contribution in [2.24, 2.45) is 0 Å². The molecule has 1 amide bonds. The van der Waals surface area contributed by atoms with E-state index in [2.05, 4.69) is 107 Å². The minimum absolute atomic E-state index is 0.0760. The van der Waals surface area contributed by atoms with Crippen LogP contribution in [0.15, 0.2) is 119 Å². The summed E-state index contributed by atoms with van der Waals surface area (Å²) in [6.07, 6.45) is 0.500. The van der Waals surface area contributed by atoms with Crippen molar-refractivity contribution in [3.05, 3.63) is 131 Å². The molecule has 0 spiro atoms. The first kappa shape index (κ1) is 23.1. The number of hydrogen-bond donors (Lipinski definition) is 0. The monoisotopic (exact) mass is 490 g/mol. The van der Waals surface area contributed by atoms with E-state index in [-0.39, 0.29) is 17.9 Å². The molecule has 0 atom stereocenters. The molecule has 4 heteroatoms. The molecule has 180 valence electrons. The Morgan fingerprint density at radius 2 is 1.14 bits per heavy atom. The highest BCUT2D eigenvalue weighted by Crippen LogP contribution is 2.47. The van der Waals surface area contributed by atoms with Crippen LogP contribution in [0.3, 0.4) is 0 Å². The summed E-state index contributed by atoms with van der Waals surface area (Å²) in [6.45, 7) is 3.29. The lowest BCUT2D eigenvalue weighted by molar-refractivity contribution is -0.133. The van der Waals surface area contributed by atoms with Gasteiger partial charge in [-0.3, -0.25) is 9.69 Å². The molecular formula is C32H30N2OS. The van der Waals surface area contributed by atoms with Gasteiger partial charge in [0.25, 0.3) is 0 Å². The fraction of sp³-hybridized carbons (Fsp3) is 0.219. The quantitative estimate of drug-likeness (QED) is 0.315. The summed E-state index contributed by atoms with van der Waals surface area (Å²) in [4.78, 5) is 20.9. The van der Waals surface area contributed by atoms with Crippen molar-refractivity contribution in [3.8, 4) is 0 Å². The number of carbonyl (C=O) groups excluding carboxylic acids is 1. The molecule has 0 bridgehead atoms. The lowest BCUT2D eigenvalue weighted by atomic mass is 9.88. The van der Waals surface area contributed by atoms with Crippen LogP contribution in [0.25, 0.3) is 0 Å². The molecule has 36 heavy (non-hydrogen) atoms. The third-order valence-electron chi connectivity index (χ3n) is 7.46. The van der Waals surface area contributed by atoms with Crippen LogP contribution < -0.4 is 0 Å². The average molecular weight is 491 g/mol. The molecule has 0 unspecified atom stereocenters. The number of fused-ring (bicyclic) bond motifs is 2. The molecule has 2 aliphatic heterocycles. The summed E-state index contributed by atoms with van der Waals surface area (Å²) in [5, 5.41) is 0. The molecule has 3 nitrogen and oxygen atoms in total. The van der Waals surface area contributed by atoms with Gasteiger partial charge in [-0.15, -0.1) is 0 Å². The molecule has 0 radical (unpaired) electrons. The number of benzene rings is 4. The first-order valence-electron chi connectivity index (χ1n) is 12.8. The van der Waals surface area contributed by atoms with Crippen LogP contribution in [0.4, 0.5) is 0 Å². The minimum atomic E-state index is 0.0760. The Kier molecular flexibility index (Phi) is 6.63. The van der Waals surface area contributed by atoms with E-state index in [4.69, 9.17) is 0 Å². The first-order chi connectivity index (χ1) is 17.8. The average Bonchev–Trinajstić information content (AvgIpc) is 2.95. The highest BCUT2D eigenvalue weighted by atomic mass is 32.2. The highest BCUT2D eigenvalue weighted by Gasteiger charge is 2.33. The van der Waals surface area contributed by atoms with Crippen molar-refractivity contribution >= 4 is 17.7 Å². The van der Waals surface area contributed by atoms with Crippen molar-refractivity contribution < 1.29 is 4.79 Å². The van der Waals surface area contributed by atoms with E-state index in [1.807, 2.05) is 23.9 Å². The summed E-state index contributed by atoms with van der Waals surface area (Å²) < 4.78 is 0. The number of amides is 1. The molecular weight excluding hydrogens is 460 g/mol. The smallest absolute Gasteiger partial charge is 0.223 e. The predicted octanol–water partition coefficient (Wildman–Crippen LogP) is 6.61. The minimum Gasteiger partial charge on any atom is -0.340 e. The summed E-state index contributed by atoms with van der Waals surface area (Å²) in [5.74, 6) is 0.319. The summed E-state index contributed by atoms with van der Waals surface area (Å²) >= 11 is 1.87. The van der Waals surface area contributed by atoms with Crippen LogP contribution in [-0.2, 0) is 4.79 Å². The SMILES string of the molecule is O=C(CC(c1ccccc1)c1ccccc1)N1CCN(C2c3ccccc3Sc3ccccc32)CC1. The lowest BCUT2D eigenvalue weighted by Crippen LogP contribution is -2.50. The Balaban J connectivity index is 1.19. The topological polar surface area (TPSA) is 23.6 Å². The fourth-order valence-electron chi connectivity index (χ4n) is 5.61. The van der Waals surface area contributed by atoms with Crippen molar-refractivity contribution in [1.82, 2.24) is 9.80 Å². The van der Waals surface area contributed by atoms with Crippen LogP contribution in [0.1, 0.15) is 40.6 Å². The van der Waals surface area contributed by atoms with Crippen molar-refractivity contribution in [2.75, 3.05) is 26.2 Å². The molecule has 1 saturated heterocycles. The van der Waals surface area contributed by atoms with Crippen molar-refractivity contribution in [1.29, 1.82) is 0 Å². The van der Waals surface area contributed by atoms with Gasteiger partial charge in [-0.25, -0.2) is 0 Å². The summed E-state index contributed by atoms with van der Waals surface area (Å²) in [5.41, 5.74) is 5.16. The van der Waals surface area contributed by atoms with E-state index in [0.717, 1.165) is 26.2 Å². The van der Waals surface area contributed by atoms with Crippen LogP contribution in [0, 0.1) is 0 Å². The number of nitrogens with zero attached hydrogens (tertiary/aromatic N) is 2. The van der Waals surface area contributed by atoms with Gasteiger partial charge < -0.3 is 4.90 Å². The number of piperazine rings is 1. The lowest BCUT2D eigenvalue weighted by Gasteiger charge is -2.42. The second kappa shape index (κ2) is 10.3. The van der Waals surface area contributed by atoms with E-state index >= 15 is 0 Å². The van der Waals surface area contributed by atoms with E-state index in [0.29, 0.717) is 6.42 Å². The second-order valence-corrected chi connectivity index (χ2v) is 10.7. The molecule has 6 rings (SSSR count). The number of hydrogen-bond acceptors (Lipinski definition) is 3. The van der Waals surface area contributed by atoms with Gasteiger partial charge in [0.15, 0.2) is 0 Å². The molecule has 1 fully saturated rings. The maximum atomic E-state index is 13.5. The van der Waals surface area contributed by atoms with E-state index < -0.39 is 0 Å². The zero-order chi connectivity index (χ0) is 24.3. The molecule has 0 aromatic heterocycles. The van der Waals surface area contributed by atoms with Gasteiger partial charge in [-0.05, 0) is 34.4 Å². The van der Waals surface area contributed by atoms with Gasteiger partial charge in [0.05, 0.1) is 6.04 Å². The van der Waals surface area contributed by atoms with Crippen LogP contribution in [0.5, 0.6) is 0 Å². The molecule has 4 aromatic rings. The number of rotatable bonds is 5. The van der Waals surface area contributed by atoms with Gasteiger partial charge in [0, 0.05) is 48.3 Å². The standard InChI is InChI=1S/C32H30N2OS/c35-31(23-28(24-11-3-1-4-12-24)25-13-5-2-6-14-25)33-19-21-34(22-20-33)32-26-15-7-9-17-29(26)36-30-18-10-8-16-27(30)32/h1-18,28,32H,19-23H2. The van der Waals surface area contributed by atoms with Gasteiger partial charge in [0.2, 0.25) is 5.91 Å². The van der Waals surface area contributed by atoms with E-state index in [1.165, 1.54) is 32.0 Å². The molecule has 4 aromatic carbocycles. The van der Waals surface area contributed by atoms with Crippen LogP contribution in [0.2, 0.25) is 0 Å². The zero-order valence-corrected chi connectivity index (χ0v) is 21.1. The highest BCUT2D eigenvalue weighted by molar-refractivity contribution is 7.99. The van der Waals surface area contributed by atoms with Gasteiger partial charge in [-0.1, -0.05) is 109 Å². The number of carbonyl (C=O) groups is 1. The zero-order valence-electron chi connectivity index (χ0n) is 20.3. The van der Waals surface area contributed by atoms with E-state index in [1.54, 1.807) is 0 Å². The Morgan fingerprint density at radius 3 is 1.67 bits per heavy atom. The van der Waals surface area contributed by atoms with Crippen molar-refractivity contribution in [2.45, 2.75) is 28.2 Å². The summed E-state index contributed by atoms with van der Waals surface area (Å²) in [7, 11) is 0. The van der Waals surface area contributed by atoms with Gasteiger partial charge in [0.1, 0.15) is 0 Å². The Labute approximate surface area is 217 Å². The molecule has 0 N–H and O–H groups in total. The second-order valence-electron chi connectivity index (χ2n) is 9.58. The van der Waals surface area contributed by atoms with Crippen LogP contribution in [-0.4, -0.2) is 41.9 Å². The largest absolute Gasteiger partial charge is 0.340 e. The maximum absolute atomic E-state index is 13.5. The normalized spacial score (nSPS) is 16.0. The van der Waals surface area contributed by atoms with E-state index in [9.17, 15) is 4.79 Å². The Hall–Kier alpha value is -3.34. The fourth-order valence-corrected chi connectivity index (χ4v) is 6.74. The Morgan fingerprint density at radius 1 is 0.667 bits per heavy atom. The van der Waals surface area contributed by atoms with Crippen LogP contribution >= 0.6 is 11.8 Å². The van der Waals surface area contributed by atoms with Gasteiger partial charge >= 0.3 is 0 Å². The van der Waals surface area contributed by atoms with Crippen molar-refractivity contribution in [3.63, 3.8) is 0 Å². The molecule has 0 aliphatic carbocycles.